The van der Waals surface area contributed by atoms with Gasteiger partial charge in [-0.2, -0.15) is 18.3 Å². The number of nitrogens with zero attached hydrogens (tertiary/aromatic N) is 5. The molecule has 0 atom stereocenters. The molecule has 4 N–H and O–H groups in total. The van der Waals surface area contributed by atoms with E-state index >= 15 is 0 Å². The van der Waals surface area contributed by atoms with E-state index in [1.54, 1.807) is 44.0 Å². The second-order valence-corrected chi connectivity index (χ2v) is 7.98. The lowest BCUT2D eigenvalue weighted by Crippen LogP contribution is -2.41. The Kier molecular flexibility index (Phi) is 7.43. The minimum Gasteiger partial charge on any atom is -0.402 e. The van der Waals surface area contributed by atoms with Gasteiger partial charge in [-0.25, -0.2) is 0 Å². The van der Waals surface area contributed by atoms with Gasteiger partial charge in [0.15, 0.2) is 5.69 Å². The average Bonchev–Trinajstić information content (AvgIpc) is 3.23. The first-order chi connectivity index (χ1) is 16.1. The number of benzene rings is 1. The van der Waals surface area contributed by atoms with E-state index < -0.39 is 11.9 Å². The highest BCUT2D eigenvalue weighted by molar-refractivity contribution is 6.04. The number of fused-ring (bicyclic) bond motifs is 1. The highest BCUT2D eigenvalue weighted by Crippen LogP contribution is 2.40. The largest absolute Gasteiger partial charge is 0.435 e. The smallest absolute Gasteiger partial charge is 0.402 e. The third-order valence-electron chi connectivity index (χ3n) is 5.52. The van der Waals surface area contributed by atoms with Crippen molar-refractivity contribution in [2.45, 2.75) is 39.5 Å². The number of amides is 1. The number of aryl methyl sites for hydroxylation is 1. The van der Waals surface area contributed by atoms with Crippen LogP contribution in [-0.2, 0) is 25.7 Å². The molecule has 0 spiro atoms. The zero-order valence-electron chi connectivity index (χ0n) is 19.4. The molecule has 0 aliphatic carbocycles. The lowest BCUT2D eigenvalue weighted by Gasteiger charge is -2.30. The highest BCUT2D eigenvalue weighted by Gasteiger charge is 2.39. The molecule has 1 aromatic carbocycles. The number of hydrogen-bond acceptors (Lipinski definition) is 5. The molecule has 0 bridgehead atoms. The summed E-state index contributed by atoms with van der Waals surface area (Å²) in [5, 5.41) is 3.74. The molecule has 0 fully saturated rings. The van der Waals surface area contributed by atoms with Gasteiger partial charge in [-0.15, -0.1) is 0 Å². The Morgan fingerprint density at radius 3 is 2.56 bits per heavy atom. The lowest BCUT2D eigenvalue weighted by atomic mass is 9.88. The van der Waals surface area contributed by atoms with Gasteiger partial charge in [0.25, 0.3) is 5.91 Å². The summed E-state index contributed by atoms with van der Waals surface area (Å²) in [6, 6.07) is 3.31. The van der Waals surface area contributed by atoms with E-state index in [0.717, 1.165) is 6.34 Å². The van der Waals surface area contributed by atoms with Crippen molar-refractivity contribution in [3.05, 3.63) is 52.5 Å². The van der Waals surface area contributed by atoms with Gasteiger partial charge in [0.2, 0.25) is 0 Å². The summed E-state index contributed by atoms with van der Waals surface area (Å²) in [5.41, 5.74) is 13.1. The fourth-order valence-electron chi connectivity index (χ4n) is 3.98. The second kappa shape index (κ2) is 10.1. The molecule has 2 heterocycles. The van der Waals surface area contributed by atoms with Crippen LogP contribution in [0.25, 0.3) is 11.1 Å². The molecule has 1 aliphatic heterocycles. The number of carbonyl (C=O) groups excluding carboxylic acids is 1. The Morgan fingerprint density at radius 1 is 1.26 bits per heavy atom. The van der Waals surface area contributed by atoms with Crippen LogP contribution in [0.3, 0.4) is 0 Å². The molecule has 11 heteroatoms. The predicted octanol–water partition coefficient (Wildman–Crippen LogP) is 3.01. The van der Waals surface area contributed by atoms with Gasteiger partial charge in [0.1, 0.15) is 0 Å². The first-order valence-electron chi connectivity index (χ1n) is 10.8. The van der Waals surface area contributed by atoms with Crippen molar-refractivity contribution in [1.82, 2.24) is 14.7 Å². The van der Waals surface area contributed by atoms with Crippen molar-refractivity contribution in [2.75, 3.05) is 20.1 Å². The zero-order valence-corrected chi connectivity index (χ0v) is 19.4. The van der Waals surface area contributed by atoms with E-state index in [-0.39, 0.29) is 31.1 Å². The topological polar surface area (TPSA) is 115 Å². The third kappa shape index (κ3) is 5.29. The van der Waals surface area contributed by atoms with Gasteiger partial charge < -0.3 is 16.4 Å². The summed E-state index contributed by atoms with van der Waals surface area (Å²) in [6.45, 7) is 4.42. The summed E-state index contributed by atoms with van der Waals surface area (Å²) >= 11 is 0. The Hall–Kier alpha value is -3.63. The number of aliphatic imine (C=N–C) groups is 2. The van der Waals surface area contributed by atoms with Gasteiger partial charge in [-0.05, 0) is 55.2 Å². The number of hydrogen-bond donors (Lipinski definition) is 2. The normalized spacial score (nSPS) is 15.4. The van der Waals surface area contributed by atoms with Gasteiger partial charge in [0.05, 0.1) is 25.1 Å². The summed E-state index contributed by atoms with van der Waals surface area (Å²) in [5.74, 6) is -0.290. The summed E-state index contributed by atoms with van der Waals surface area (Å²) in [6.07, 6.45) is -0.0717. The summed E-state index contributed by atoms with van der Waals surface area (Å²) in [4.78, 5) is 23.2. The number of allylic oxidation sites excluding steroid dienone is 1. The Balaban J connectivity index is 2.14. The van der Waals surface area contributed by atoms with Crippen LogP contribution in [0.5, 0.6) is 0 Å². The van der Waals surface area contributed by atoms with Crippen LogP contribution in [0.1, 0.15) is 41.0 Å². The molecule has 1 aliphatic rings. The quantitative estimate of drug-likeness (QED) is 0.473. The third-order valence-corrected chi connectivity index (χ3v) is 5.52. The molecule has 0 saturated carbocycles. The SMILES string of the molecule is CCn1cc(-c2cc(CN=CN)cc3c2CCN(CC(/C=C(/C)N)=NC)C3=O)c(C(F)(F)F)n1. The minimum atomic E-state index is -4.64. The van der Waals surface area contributed by atoms with Crippen molar-refractivity contribution in [3.8, 4) is 11.1 Å². The van der Waals surface area contributed by atoms with Crippen molar-refractivity contribution >= 4 is 18.0 Å². The molecule has 1 amide bonds. The highest BCUT2D eigenvalue weighted by atomic mass is 19.4. The molecule has 182 valence electrons. The molecule has 0 radical (unpaired) electrons. The molecular weight excluding hydrogens is 447 g/mol. The van der Waals surface area contributed by atoms with Crippen molar-refractivity contribution in [3.63, 3.8) is 0 Å². The summed E-state index contributed by atoms with van der Waals surface area (Å²) in [7, 11) is 1.61. The van der Waals surface area contributed by atoms with Gasteiger partial charge in [0, 0.05) is 43.2 Å². The second-order valence-electron chi connectivity index (χ2n) is 7.98. The maximum Gasteiger partial charge on any atom is 0.435 e. The van der Waals surface area contributed by atoms with Crippen LogP contribution < -0.4 is 11.5 Å². The summed E-state index contributed by atoms with van der Waals surface area (Å²) < 4.78 is 42.7. The standard InChI is InChI=1S/C23H28F3N7O/c1-4-33-12-20(21(31-33)23(24,25)26)18-8-15(10-30-13-27)9-19-17(18)5-6-32(22(19)34)11-16(29-3)7-14(2)28/h7-9,12-13H,4-6,10-11,28H2,1-3H3,(H2,27,30)/b14-7-,29-16?. The van der Waals surface area contributed by atoms with Crippen LogP contribution >= 0.6 is 0 Å². The number of rotatable bonds is 7. The molecular formula is C23H28F3N7O. The molecule has 8 nitrogen and oxygen atoms in total. The van der Waals surface area contributed by atoms with E-state index in [4.69, 9.17) is 11.5 Å². The van der Waals surface area contributed by atoms with Crippen LogP contribution in [0, 0.1) is 0 Å². The Bertz CT molecular complexity index is 1160. The van der Waals surface area contributed by atoms with Crippen LogP contribution in [0.15, 0.2) is 40.1 Å². The van der Waals surface area contributed by atoms with E-state index in [9.17, 15) is 18.0 Å². The van der Waals surface area contributed by atoms with Gasteiger partial charge >= 0.3 is 6.18 Å². The first kappa shape index (κ1) is 25.0. The fraction of sp³-hybridized carbons (Fsp3) is 0.391. The Morgan fingerprint density at radius 2 is 1.97 bits per heavy atom. The minimum absolute atomic E-state index is 0.0528. The maximum absolute atomic E-state index is 13.8. The molecule has 34 heavy (non-hydrogen) atoms. The van der Waals surface area contributed by atoms with Crippen LogP contribution in [0.2, 0.25) is 0 Å². The van der Waals surface area contributed by atoms with Gasteiger partial charge in [-0.3, -0.25) is 19.5 Å². The lowest BCUT2D eigenvalue weighted by molar-refractivity contribution is -0.141. The van der Waals surface area contributed by atoms with E-state index in [0.29, 0.717) is 46.6 Å². The zero-order chi connectivity index (χ0) is 25.0. The molecule has 1 aromatic heterocycles. The van der Waals surface area contributed by atoms with Gasteiger partial charge in [-0.1, -0.05) is 0 Å². The fourth-order valence-corrected chi connectivity index (χ4v) is 3.98. The van der Waals surface area contributed by atoms with E-state index in [1.807, 2.05) is 0 Å². The van der Waals surface area contributed by atoms with Crippen LogP contribution in [0.4, 0.5) is 13.2 Å². The number of aromatic nitrogens is 2. The first-order valence-corrected chi connectivity index (χ1v) is 10.8. The van der Waals surface area contributed by atoms with Crippen molar-refractivity contribution in [1.29, 1.82) is 0 Å². The molecule has 3 rings (SSSR count). The van der Waals surface area contributed by atoms with E-state index in [1.165, 1.54) is 10.9 Å². The molecule has 2 aromatic rings. The van der Waals surface area contributed by atoms with Crippen molar-refractivity contribution < 1.29 is 18.0 Å². The Labute approximate surface area is 195 Å². The maximum atomic E-state index is 13.8. The van der Waals surface area contributed by atoms with Crippen LogP contribution in [-0.4, -0.2) is 52.8 Å². The number of halogens is 3. The number of nitrogens with two attached hydrogens (primary N) is 2. The molecule has 0 saturated heterocycles. The number of alkyl halides is 3. The average molecular weight is 476 g/mol. The van der Waals surface area contributed by atoms with Crippen molar-refractivity contribution in [2.24, 2.45) is 21.5 Å². The number of carbonyl (C=O) groups is 1. The van der Waals surface area contributed by atoms with E-state index in [2.05, 4.69) is 15.1 Å². The predicted molar refractivity (Wildman–Crippen MR) is 126 cm³/mol. The molecule has 0 unspecified atom stereocenters. The monoisotopic (exact) mass is 475 g/mol.